The molecule has 5 N–H and O–H groups in total. The van der Waals surface area contributed by atoms with Gasteiger partial charge in [0.2, 0.25) is 0 Å². The quantitative estimate of drug-likeness (QED) is 0.321. The van der Waals surface area contributed by atoms with E-state index in [1.165, 1.54) is 6.92 Å². The molecule has 0 aromatic heterocycles. The molecule has 2 rings (SSSR count). The first-order valence-corrected chi connectivity index (χ1v) is 4.68. The molecule has 2 saturated heterocycles. The van der Waals surface area contributed by atoms with Gasteiger partial charge >= 0.3 is 5.97 Å². The average molecular weight is 222 g/mol. The summed E-state index contributed by atoms with van der Waals surface area (Å²) in [6.45, 7) is 0.897. The van der Waals surface area contributed by atoms with Gasteiger partial charge in [0.15, 0.2) is 5.60 Å². The molecule has 88 valence electrons. The van der Waals surface area contributed by atoms with Gasteiger partial charge in [0.1, 0.15) is 12.2 Å². The summed E-state index contributed by atoms with van der Waals surface area (Å²) in [7, 11) is 0. The van der Waals surface area contributed by atoms with Crippen LogP contribution in [-0.2, 0) is 9.47 Å². The number of ether oxygens (including phenoxy) is 2. The highest BCUT2D eigenvalue weighted by Crippen LogP contribution is 2.58. The molecule has 0 bridgehead atoms. The second-order valence-electron chi connectivity index (χ2n) is 3.89. The topological polar surface area (TPSA) is 123 Å². The van der Waals surface area contributed by atoms with Crippen molar-refractivity contribution in [1.29, 1.82) is 0 Å². The third kappa shape index (κ3) is 1.08. The van der Waals surface area contributed by atoms with Crippen LogP contribution in [0.15, 0.2) is 0 Å². The Balaban J connectivity index is 2.35. The van der Waals surface area contributed by atoms with Gasteiger partial charge in [-0.05, 0) is 6.42 Å². The number of hydrogen-bond acceptors (Lipinski definition) is 7. The highest BCUT2D eigenvalue weighted by molar-refractivity contribution is 5.16. The van der Waals surface area contributed by atoms with Crippen molar-refractivity contribution in [2.45, 2.75) is 42.9 Å². The molecule has 2 aliphatic heterocycles. The normalized spacial score (nSPS) is 58.8. The van der Waals surface area contributed by atoms with E-state index in [0.717, 1.165) is 0 Å². The Morgan fingerprint density at radius 3 is 2.33 bits per heavy atom. The molecule has 0 aromatic carbocycles. The second-order valence-corrected chi connectivity index (χ2v) is 3.89. The predicted octanol–water partition coefficient (Wildman–Crippen LogP) is -2.76. The van der Waals surface area contributed by atoms with E-state index in [0.29, 0.717) is 0 Å². The van der Waals surface area contributed by atoms with E-state index in [-0.39, 0.29) is 6.42 Å². The van der Waals surface area contributed by atoms with Gasteiger partial charge in [-0.15, -0.1) is 0 Å². The van der Waals surface area contributed by atoms with Crippen LogP contribution in [0.1, 0.15) is 13.3 Å². The maximum atomic E-state index is 10.0. The van der Waals surface area contributed by atoms with Crippen LogP contribution in [0.5, 0.6) is 0 Å². The molecule has 15 heavy (non-hydrogen) atoms. The van der Waals surface area contributed by atoms with Gasteiger partial charge in [0, 0.05) is 0 Å². The van der Waals surface area contributed by atoms with E-state index >= 15 is 0 Å². The Hall–Kier alpha value is -0.280. The van der Waals surface area contributed by atoms with Crippen molar-refractivity contribution >= 4 is 0 Å². The fourth-order valence-electron chi connectivity index (χ4n) is 2.00. The first-order chi connectivity index (χ1) is 6.84. The van der Waals surface area contributed by atoms with Gasteiger partial charge in [-0.25, -0.2) is 0 Å². The van der Waals surface area contributed by atoms with Gasteiger partial charge in [-0.3, -0.25) is 4.74 Å². The average Bonchev–Trinajstić information content (AvgIpc) is 2.77. The lowest BCUT2D eigenvalue weighted by atomic mass is 9.81. The van der Waals surface area contributed by atoms with Gasteiger partial charge in [-0.2, -0.15) is 0 Å². The fourth-order valence-corrected chi connectivity index (χ4v) is 2.00. The Kier molecular flexibility index (Phi) is 2.16. The van der Waals surface area contributed by atoms with Gasteiger partial charge in [-0.1, -0.05) is 6.92 Å². The largest absolute Gasteiger partial charge is 0.394 e. The third-order valence-corrected chi connectivity index (χ3v) is 3.13. The molecule has 2 aliphatic rings. The minimum Gasteiger partial charge on any atom is -0.394 e. The Morgan fingerprint density at radius 1 is 1.27 bits per heavy atom. The standard InChI is InChI=1S/C8H14O7/c1-2-6(11)5(10)4(3-9)14-8(13)7(6,12)15-8/h4-5,9-13H,2-3H2,1H3/t4-,5+,6+,7-,8?/m1/s1. The number of epoxide rings is 1. The lowest BCUT2D eigenvalue weighted by molar-refractivity contribution is -0.323. The molecule has 1 unspecified atom stereocenters. The summed E-state index contributed by atoms with van der Waals surface area (Å²) in [5.41, 5.74) is -2.06. The molecule has 2 fully saturated rings. The zero-order chi connectivity index (χ0) is 11.5. The summed E-state index contributed by atoms with van der Waals surface area (Å²) in [5, 5.41) is 47.8. The van der Waals surface area contributed by atoms with E-state index in [2.05, 4.69) is 4.74 Å². The van der Waals surface area contributed by atoms with Crippen LogP contribution in [0.25, 0.3) is 0 Å². The van der Waals surface area contributed by atoms with E-state index in [1.54, 1.807) is 0 Å². The van der Waals surface area contributed by atoms with Crippen LogP contribution in [-0.4, -0.2) is 61.7 Å². The minimum atomic E-state index is -2.34. The first kappa shape index (κ1) is 11.2. The van der Waals surface area contributed by atoms with Crippen molar-refractivity contribution in [2.75, 3.05) is 6.61 Å². The van der Waals surface area contributed by atoms with Gasteiger partial charge < -0.3 is 30.3 Å². The highest BCUT2D eigenvalue weighted by Gasteiger charge is 2.86. The SMILES string of the molecule is CC[C@]1(O)[C@@H](O)[C@@H](CO)OC2(O)O[C@@]21O. The molecular formula is C8H14O7. The van der Waals surface area contributed by atoms with Crippen molar-refractivity contribution < 1.29 is 35.0 Å². The monoisotopic (exact) mass is 222 g/mol. The van der Waals surface area contributed by atoms with Crippen LogP contribution in [0, 0.1) is 0 Å². The van der Waals surface area contributed by atoms with Gasteiger partial charge in [0.05, 0.1) is 6.61 Å². The maximum absolute atomic E-state index is 10.0. The number of aliphatic hydroxyl groups excluding tert-OH is 2. The zero-order valence-electron chi connectivity index (χ0n) is 8.12. The van der Waals surface area contributed by atoms with Crippen LogP contribution in [0.2, 0.25) is 0 Å². The van der Waals surface area contributed by atoms with E-state index < -0.39 is 36.2 Å². The minimum absolute atomic E-state index is 0.0627. The van der Waals surface area contributed by atoms with E-state index in [4.69, 9.17) is 9.84 Å². The Labute approximate surface area is 85.5 Å². The summed E-state index contributed by atoms with van der Waals surface area (Å²) in [4.78, 5) is 0. The van der Waals surface area contributed by atoms with Crippen molar-refractivity contribution in [3.05, 3.63) is 0 Å². The molecule has 0 amide bonds. The number of hydrogen-bond donors (Lipinski definition) is 5. The number of rotatable bonds is 2. The maximum Gasteiger partial charge on any atom is 0.344 e. The molecule has 7 heteroatoms. The molecule has 0 aromatic rings. The van der Waals surface area contributed by atoms with E-state index in [1.807, 2.05) is 0 Å². The van der Waals surface area contributed by atoms with Crippen molar-refractivity contribution in [2.24, 2.45) is 0 Å². The number of fused-ring (bicyclic) bond motifs is 1. The first-order valence-electron chi connectivity index (χ1n) is 4.68. The smallest absolute Gasteiger partial charge is 0.344 e. The highest BCUT2D eigenvalue weighted by atomic mass is 17.0. The molecular weight excluding hydrogens is 208 g/mol. The fraction of sp³-hybridized carbons (Fsp3) is 1.00. The van der Waals surface area contributed by atoms with Crippen molar-refractivity contribution in [1.82, 2.24) is 0 Å². The Morgan fingerprint density at radius 2 is 1.87 bits per heavy atom. The Bertz CT molecular complexity index is 284. The van der Waals surface area contributed by atoms with Crippen molar-refractivity contribution in [3.63, 3.8) is 0 Å². The van der Waals surface area contributed by atoms with Crippen LogP contribution >= 0.6 is 0 Å². The lowest BCUT2D eigenvalue weighted by Gasteiger charge is -2.41. The molecule has 0 saturated carbocycles. The third-order valence-electron chi connectivity index (χ3n) is 3.13. The summed E-state index contributed by atoms with van der Waals surface area (Å²) < 4.78 is 9.26. The predicted molar refractivity (Wildman–Crippen MR) is 44.2 cm³/mol. The van der Waals surface area contributed by atoms with Crippen LogP contribution < -0.4 is 0 Å². The van der Waals surface area contributed by atoms with Gasteiger partial charge in [0.25, 0.3) is 5.79 Å². The molecule has 7 nitrogen and oxygen atoms in total. The second kappa shape index (κ2) is 2.89. The molecule has 5 atom stereocenters. The number of aliphatic hydroxyl groups is 5. The summed E-state index contributed by atoms with van der Waals surface area (Å²) in [6, 6.07) is 0. The summed E-state index contributed by atoms with van der Waals surface area (Å²) in [6.07, 6.45) is -2.81. The van der Waals surface area contributed by atoms with Crippen molar-refractivity contribution in [3.8, 4) is 0 Å². The summed E-state index contributed by atoms with van der Waals surface area (Å²) >= 11 is 0. The lowest BCUT2D eigenvalue weighted by Crippen LogP contribution is -2.67. The van der Waals surface area contributed by atoms with Crippen LogP contribution in [0.4, 0.5) is 0 Å². The molecule has 0 spiro atoms. The van der Waals surface area contributed by atoms with E-state index in [9.17, 15) is 20.4 Å². The molecule has 0 aliphatic carbocycles. The van der Waals surface area contributed by atoms with Crippen LogP contribution in [0.3, 0.4) is 0 Å². The summed E-state index contributed by atoms with van der Waals surface area (Å²) in [5.74, 6) is -4.68. The zero-order valence-corrected chi connectivity index (χ0v) is 8.12. The molecule has 0 radical (unpaired) electrons. The molecule has 2 heterocycles.